The summed E-state index contributed by atoms with van der Waals surface area (Å²) in [5.41, 5.74) is 2.02. The lowest BCUT2D eigenvalue weighted by Crippen LogP contribution is -2.43. The molecule has 4 rings (SSSR count). The van der Waals surface area contributed by atoms with Crippen LogP contribution in [0.5, 0.6) is 5.75 Å². The summed E-state index contributed by atoms with van der Waals surface area (Å²) in [6, 6.07) is 17.6. The Hall–Kier alpha value is -3.22. The molecule has 0 radical (unpaired) electrons. The molecule has 0 saturated carbocycles. The number of aryl methyl sites for hydroxylation is 1. The van der Waals surface area contributed by atoms with Crippen LogP contribution in [0.1, 0.15) is 18.4 Å². The molecule has 0 atom stereocenters. The smallest absolute Gasteiger partial charge is 0.246 e. The van der Waals surface area contributed by atoms with Gasteiger partial charge < -0.3 is 9.64 Å². The number of amides is 1. The standard InChI is InChI=1S/C21H23N5O2/c1-16-7-5-6-10-19(16)28-18-11-13-25(14-12-18)20(27)15-26-23-21(22-24-26)17-8-3-2-4-9-17/h2-10,18H,11-15H2,1H3. The summed E-state index contributed by atoms with van der Waals surface area (Å²) >= 11 is 0. The molecule has 28 heavy (non-hydrogen) atoms. The Morgan fingerprint density at radius 2 is 1.79 bits per heavy atom. The van der Waals surface area contributed by atoms with Crippen molar-refractivity contribution in [2.45, 2.75) is 32.4 Å². The number of hydrogen-bond donors (Lipinski definition) is 0. The number of tetrazole rings is 1. The number of nitrogens with zero attached hydrogens (tertiary/aromatic N) is 5. The van der Waals surface area contributed by atoms with Gasteiger partial charge in [0.05, 0.1) is 0 Å². The van der Waals surface area contributed by atoms with Crippen LogP contribution in [0, 0.1) is 6.92 Å². The van der Waals surface area contributed by atoms with Crippen LogP contribution in [0.4, 0.5) is 0 Å². The molecule has 0 N–H and O–H groups in total. The van der Waals surface area contributed by atoms with E-state index in [2.05, 4.69) is 15.4 Å². The van der Waals surface area contributed by atoms with Crippen LogP contribution in [-0.2, 0) is 11.3 Å². The third kappa shape index (κ3) is 4.19. The van der Waals surface area contributed by atoms with E-state index in [0.717, 1.165) is 29.7 Å². The lowest BCUT2D eigenvalue weighted by molar-refractivity contribution is -0.134. The zero-order chi connectivity index (χ0) is 19.3. The zero-order valence-corrected chi connectivity index (χ0v) is 15.9. The third-order valence-corrected chi connectivity index (χ3v) is 4.94. The van der Waals surface area contributed by atoms with E-state index in [0.29, 0.717) is 18.9 Å². The fourth-order valence-electron chi connectivity index (χ4n) is 3.33. The van der Waals surface area contributed by atoms with Crippen molar-refractivity contribution in [3.8, 4) is 17.1 Å². The second-order valence-electron chi connectivity index (χ2n) is 6.97. The first-order valence-corrected chi connectivity index (χ1v) is 9.52. The molecule has 0 bridgehead atoms. The van der Waals surface area contributed by atoms with Gasteiger partial charge in [-0.25, -0.2) is 0 Å². The van der Waals surface area contributed by atoms with Crippen molar-refractivity contribution in [3.63, 3.8) is 0 Å². The first-order valence-electron chi connectivity index (χ1n) is 9.52. The van der Waals surface area contributed by atoms with Gasteiger partial charge in [-0.1, -0.05) is 48.5 Å². The van der Waals surface area contributed by atoms with E-state index >= 15 is 0 Å². The molecule has 1 aliphatic rings. The molecule has 0 spiro atoms. The number of carbonyl (C=O) groups is 1. The molecule has 0 unspecified atom stereocenters. The van der Waals surface area contributed by atoms with Crippen molar-refractivity contribution < 1.29 is 9.53 Å². The lowest BCUT2D eigenvalue weighted by Gasteiger charge is -2.32. The van der Waals surface area contributed by atoms with Crippen molar-refractivity contribution in [1.82, 2.24) is 25.1 Å². The number of piperidine rings is 1. The molecule has 7 nitrogen and oxygen atoms in total. The lowest BCUT2D eigenvalue weighted by atomic mass is 10.1. The minimum Gasteiger partial charge on any atom is -0.490 e. The van der Waals surface area contributed by atoms with Crippen LogP contribution in [0.15, 0.2) is 54.6 Å². The molecule has 1 amide bonds. The van der Waals surface area contributed by atoms with E-state index in [9.17, 15) is 4.79 Å². The number of aromatic nitrogens is 4. The Morgan fingerprint density at radius 1 is 1.07 bits per heavy atom. The maximum Gasteiger partial charge on any atom is 0.246 e. The Balaban J connectivity index is 1.30. The molecule has 1 saturated heterocycles. The Bertz CT molecular complexity index is 933. The SMILES string of the molecule is Cc1ccccc1OC1CCN(C(=O)Cn2nnc(-c3ccccc3)n2)CC1. The summed E-state index contributed by atoms with van der Waals surface area (Å²) in [5, 5.41) is 12.4. The highest BCUT2D eigenvalue weighted by atomic mass is 16.5. The van der Waals surface area contributed by atoms with Gasteiger partial charge in [0.1, 0.15) is 18.4 Å². The molecular formula is C21H23N5O2. The summed E-state index contributed by atoms with van der Waals surface area (Å²) < 4.78 is 6.11. The predicted octanol–water partition coefficient (Wildman–Crippen LogP) is 2.72. The largest absolute Gasteiger partial charge is 0.490 e. The summed E-state index contributed by atoms with van der Waals surface area (Å²) in [6.07, 6.45) is 1.78. The molecule has 2 aromatic carbocycles. The van der Waals surface area contributed by atoms with Crippen molar-refractivity contribution in [3.05, 3.63) is 60.2 Å². The van der Waals surface area contributed by atoms with E-state index in [1.807, 2.05) is 66.4 Å². The van der Waals surface area contributed by atoms with Gasteiger partial charge in [0, 0.05) is 31.5 Å². The van der Waals surface area contributed by atoms with Crippen LogP contribution >= 0.6 is 0 Å². The van der Waals surface area contributed by atoms with Gasteiger partial charge in [-0.05, 0) is 23.8 Å². The molecule has 1 fully saturated rings. The number of benzene rings is 2. The number of rotatable bonds is 5. The van der Waals surface area contributed by atoms with Crippen molar-refractivity contribution in [2.24, 2.45) is 0 Å². The van der Waals surface area contributed by atoms with Gasteiger partial charge in [-0.15, -0.1) is 10.2 Å². The number of carbonyl (C=O) groups excluding carboxylic acids is 1. The molecule has 3 aromatic rings. The van der Waals surface area contributed by atoms with E-state index in [-0.39, 0.29) is 18.6 Å². The minimum atomic E-state index is 0.00588. The van der Waals surface area contributed by atoms with Gasteiger partial charge in [-0.3, -0.25) is 4.79 Å². The summed E-state index contributed by atoms with van der Waals surface area (Å²) in [4.78, 5) is 15.8. The topological polar surface area (TPSA) is 73.1 Å². The van der Waals surface area contributed by atoms with E-state index in [4.69, 9.17) is 4.74 Å². The molecule has 1 aromatic heterocycles. The van der Waals surface area contributed by atoms with Gasteiger partial charge in [-0.2, -0.15) is 4.80 Å². The van der Waals surface area contributed by atoms with Gasteiger partial charge in [0.15, 0.2) is 0 Å². The normalized spacial score (nSPS) is 14.8. The fourth-order valence-corrected chi connectivity index (χ4v) is 3.33. The summed E-state index contributed by atoms with van der Waals surface area (Å²) in [5.74, 6) is 1.46. The quantitative estimate of drug-likeness (QED) is 0.684. The van der Waals surface area contributed by atoms with E-state index in [1.165, 1.54) is 4.80 Å². The second-order valence-corrected chi connectivity index (χ2v) is 6.97. The minimum absolute atomic E-state index is 0.00588. The highest BCUT2D eigenvalue weighted by Crippen LogP contribution is 2.22. The monoisotopic (exact) mass is 377 g/mol. The number of likely N-dealkylation sites (tertiary alicyclic amines) is 1. The first-order chi connectivity index (χ1) is 13.7. The molecule has 0 aliphatic carbocycles. The average Bonchev–Trinajstić information content (AvgIpc) is 3.19. The number of ether oxygens (including phenoxy) is 1. The van der Waals surface area contributed by atoms with Crippen LogP contribution in [0.2, 0.25) is 0 Å². The van der Waals surface area contributed by atoms with Crippen molar-refractivity contribution >= 4 is 5.91 Å². The molecule has 7 heteroatoms. The van der Waals surface area contributed by atoms with Crippen LogP contribution in [-0.4, -0.2) is 50.2 Å². The first kappa shape index (κ1) is 18.2. The number of para-hydroxylation sites is 1. The summed E-state index contributed by atoms with van der Waals surface area (Å²) in [6.45, 7) is 3.50. The van der Waals surface area contributed by atoms with Crippen LogP contribution in [0.3, 0.4) is 0 Å². The highest BCUT2D eigenvalue weighted by molar-refractivity contribution is 5.75. The maximum atomic E-state index is 12.6. The number of hydrogen-bond acceptors (Lipinski definition) is 5. The Morgan fingerprint density at radius 3 is 2.54 bits per heavy atom. The maximum absolute atomic E-state index is 12.6. The molecule has 1 aliphatic heterocycles. The molecule has 144 valence electrons. The van der Waals surface area contributed by atoms with E-state index in [1.54, 1.807) is 0 Å². The summed E-state index contributed by atoms with van der Waals surface area (Å²) in [7, 11) is 0. The Labute approximate surface area is 163 Å². The second kappa shape index (κ2) is 8.21. The van der Waals surface area contributed by atoms with Gasteiger partial charge in [0.2, 0.25) is 11.7 Å². The van der Waals surface area contributed by atoms with Crippen molar-refractivity contribution in [1.29, 1.82) is 0 Å². The fraction of sp³-hybridized carbons (Fsp3) is 0.333. The molecular weight excluding hydrogens is 354 g/mol. The highest BCUT2D eigenvalue weighted by Gasteiger charge is 2.25. The van der Waals surface area contributed by atoms with Gasteiger partial charge >= 0.3 is 0 Å². The third-order valence-electron chi connectivity index (χ3n) is 4.94. The molecule has 2 heterocycles. The van der Waals surface area contributed by atoms with Crippen LogP contribution in [0.25, 0.3) is 11.4 Å². The van der Waals surface area contributed by atoms with Crippen molar-refractivity contribution in [2.75, 3.05) is 13.1 Å². The predicted molar refractivity (Wildman–Crippen MR) is 105 cm³/mol. The van der Waals surface area contributed by atoms with Gasteiger partial charge in [0.25, 0.3) is 0 Å². The zero-order valence-electron chi connectivity index (χ0n) is 15.9. The Kier molecular flexibility index (Phi) is 5.32. The van der Waals surface area contributed by atoms with Crippen LogP contribution < -0.4 is 4.74 Å². The average molecular weight is 377 g/mol. The van der Waals surface area contributed by atoms with E-state index < -0.39 is 0 Å².